The minimum atomic E-state index is -0.442. The number of hydrogen-bond acceptors (Lipinski definition) is 3. The SMILES string of the molecule is O[C@H]1CC[N]C1c1cc(-c2cccc(Cl)c2)ncn1. The van der Waals surface area contributed by atoms with Gasteiger partial charge in [0, 0.05) is 17.1 Å². The van der Waals surface area contributed by atoms with Gasteiger partial charge in [-0.25, -0.2) is 15.3 Å². The van der Waals surface area contributed by atoms with Gasteiger partial charge >= 0.3 is 0 Å². The summed E-state index contributed by atoms with van der Waals surface area (Å²) < 4.78 is 0. The summed E-state index contributed by atoms with van der Waals surface area (Å²) in [5.74, 6) is 0. The molecule has 2 aromatic rings. The van der Waals surface area contributed by atoms with Crippen molar-refractivity contribution in [2.75, 3.05) is 6.54 Å². The molecule has 1 aromatic heterocycles. The molecule has 1 fully saturated rings. The Kier molecular flexibility index (Phi) is 3.46. The smallest absolute Gasteiger partial charge is 0.116 e. The van der Waals surface area contributed by atoms with Gasteiger partial charge in [-0.3, -0.25) is 0 Å². The summed E-state index contributed by atoms with van der Waals surface area (Å²) in [4.78, 5) is 8.48. The van der Waals surface area contributed by atoms with Crippen LogP contribution in [0.15, 0.2) is 36.7 Å². The molecule has 0 saturated carbocycles. The zero-order valence-electron chi connectivity index (χ0n) is 10.2. The third-order valence-electron chi connectivity index (χ3n) is 3.23. The summed E-state index contributed by atoms with van der Waals surface area (Å²) in [5, 5.41) is 14.9. The zero-order valence-corrected chi connectivity index (χ0v) is 11.0. The van der Waals surface area contributed by atoms with Gasteiger partial charge in [-0.1, -0.05) is 23.7 Å². The fourth-order valence-corrected chi connectivity index (χ4v) is 2.45. The molecule has 1 aliphatic rings. The van der Waals surface area contributed by atoms with Crippen molar-refractivity contribution < 1.29 is 5.11 Å². The summed E-state index contributed by atoms with van der Waals surface area (Å²) in [6, 6.07) is 9.14. The molecule has 2 heterocycles. The van der Waals surface area contributed by atoms with Crippen LogP contribution in [0, 0.1) is 0 Å². The van der Waals surface area contributed by atoms with Crippen LogP contribution in [0.25, 0.3) is 11.3 Å². The van der Waals surface area contributed by atoms with Gasteiger partial charge in [0.1, 0.15) is 6.33 Å². The van der Waals surface area contributed by atoms with Gasteiger partial charge < -0.3 is 5.11 Å². The van der Waals surface area contributed by atoms with Gasteiger partial charge in [0.05, 0.1) is 23.5 Å². The van der Waals surface area contributed by atoms with E-state index in [0.717, 1.165) is 17.0 Å². The topological polar surface area (TPSA) is 60.1 Å². The maximum atomic E-state index is 9.87. The molecule has 5 heteroatoms. The molecule has 1 N–H and O–H groups in total. The van der Waals surface area contributed by atoms with Crippen molar-refractivity contribution in [1.29, 1.82) is 0 Å². The fourth-order valence-electron chi connectivity index (χ4n) is 2.26. The van der Waals surface area contributed by atoms with Crippen molar-refractivity contribution in [3.8, 4) is 11.3 Å². The quantitative estimate of drug-likeness (QED) is 0.913. The van der Waals surface area contributed by atoms with E-state index in [4.69, 9.17) is 11.6 Å². The maximum absolute atomic E-state index is 9.87. The second-order valence-corrected chi connectivity index (χ2v) is 4.98. The molecular weight excluding hydrogens is 262 g/mol. The molecule has 2 atom stereocenters. The van der Waals surface area contributed by atoms with Crippen molar-refractivity contribution >= 4 is 11.6 Å². The third-order valence-corrected chi connectivity index (χ3v) is 3.46. The van der Waals surface area contributed by atoms with Crippen LogP contribution in [-0.4, -0.2) is 27.7 Å². The van der Waals surface area contributed by atoms with Crippen molar-refractivity contribution in [3.05, 3.63) is 47.4 Å². The van der Waals surface area contributed by atoms with E-state index in [9.17, 15) is 5.11 Å². The molecular formula is C14H13ClN3O. The Morgan fingerprint density at radius 3 is 2.84 bits per heavy atom. The highest BCUT2D eigenvalue weighted by Gasteiger charge is 2.28. The van der Waals surface area contributed by atoms with E-state index in [1.54, 1.807) is 0 Å². The highest BCUT2D eigenvalue weighted by molar-refractivity contribution is 6.30. The third kappa shape index (κ3) is 2.61. The number of benzene rings is 1. The predicted octanol–water partition coefficient (Wildman–Crippen LogP) is 2.21. The minimum absolute atomic E-state index is 0.235. The average Bonchev–Trinajstić information content (AvgIpc) is 2.85. The monoisotopic (exact) mass is 274 g/mol. The first-order valence-corrected chi connectivity index (χ1v) is 6.54. The molecule has 0 bridgehead atoms. The van der Waals surface area contributed by atoms with E-state index in [1.165, 1.54) is 6.33 Å². The summed E-state index contributed by atoms with van der Waals surface area (Å²) in [6.45, 7) is 0.683. The molecule has 97 valence electrons. The Morgan fingerprint density at radius 2 is 2.11 bits per heavy atom. The lowest BCUT2D eigenvalue weighted by molar-refractivity contribution is 0.157. The lowest BCUT2D eigenvalue weighted by Crippen LogP contribution is -2.17. The highest BCUT2D eigenvalue weighted by Crippen LogP contribution is 2.27. The van der Waals surface area contributed by atoms with E-state index >= 15 is 0 Å². The fraction of sp³-hybridized carbons (Fsp3) is 0.286. The van der Waals surface area contributed by atoms with Crippen LogP contribution in [0.1, 0.15) is 18.2 Å². The van der Waals surface area contributed by atoms with Crippen LogP contribution in [-0.2, 0) is 0 Å². The summed E-state index contributed by atoms with van der Waals surface area (Å²) >= 11 is 5.98. The van der Waals surface area contributed by atoms with Crippen molar-refractivity contribution in [3.63, 3.8) is 0 Å². The second-order valence-electron chi connectivity index (χ2n) is 4.55. The number of hydrogen-bond donors (Lipinski definition) is 1. The normalized spacial score (nSPS) is 22.6. The first kappa shape index (κ1) is 12.5. The molecule has 1 saturated heterocycles. The van der Waals surface area contributed by atoms with Crippen LogP contribution >= 0.6 is 11.6 Å². The zero-order chi connectivity index (χ0) is 13.2. The highest BCUT2D eigenvalue weighted by atomic mass is 35.5. The van der Waals surface area contributed by atoms with Gasteiger partial charge in [-0.15, -0.1) is 0 Å². The molecule has 3 rings (SSSR count). The molecule has 1 unspecified atom stereocenters. The number of aliphatic hydroxyl groups excluding tert-OH is 1. The van der Waals surface area contributed by atoms with Gasteiger partial charge in [0.15, 0.2) is 0 Å². The molecule has 19 heavy (non-hydrogen) atoms. The van der Waals surface area contributed by atoms with Gasteiger partial charge in [0.25, 0.3) is 0 Å². The van der Waals surface area contributed by atoms with Crippen molar-refractivity contribution in [1.82, 2.24) is 15.3 Å². The summed E-state index contributed by atoms with van der Waals surface area (Å²) in [5.41, 5.74) is 2.49. The van der Waals surface area contributed by atoms with E-state index in [-0.39, 0.29) is 6.04 Å². The number of aliphatic hydroxyl groups is 1. The first-order valence-electron chi connectivity index (χ1n) is 6.16. The van der Waals surface area contributed by atoms with E-state index in [0.29, 0.717) is 18.0 Å². The standard InChI is InChI=1S/C14H13ClN3O/c15-10-3-1-2-9(6-10)11-7-12(18-8-17-11)14-13(19)4-5-16-14/h1-3,6-8,13-14,19H,4-5H2/t13-,14?/m0/s1. The Bertz CT molecular complexity index is 590. The molecule has 4 nitrogen and oxygen atoms in total. The Labute approximate surface area is 116 Å². The van der Waals surface area contributed by atoms with Crippen LogP contribution in [0.5, 0.6) is 0 Å². The Morgan fingerprint density at radius 1 is 1.21 bits per heavy atom. The number of rotatable bonds is 2. The van der Waals surface area contributed by atoms with Gasteiger partial charge in [-0.05, 0) is 24.6 Å². The minimum Gasteiger partial charge on any atom is -0.391 e. The van der Waals surface area contributed by atoms with E-state index in [2.05, 4.69) is 15.3 Å². The molecule has 0 amide bonds. The van der Waals surface area contributed by atoms with Crippen molar-refractivity contribution in [2.24, 2.45) is 0 Å². The predicted molar refractivity (Wildman–Crippen MR) is 72.8 cm³/mol. The number of aromatic nitrogens is 2. The molecule has 1 aromatic carbocycles. The summed E-state index contributed by atoms with van der Waals surface area (Å²) in [6.07, 6.45) is 1.76. The Hall–Kier alpha value is -1.49. The lowest BCUT2D eigenvalue weighted by atomic mass is 10.1. The van der Waals surface area contributed by atoms with E-state index in [1.807, 2.05) is 30.3 Å². The molecule has 0 aliphatic carbocycles. The van der Waals surface area contributed by atoms with Crippen LogP contribution in [0.2, 0.25) is 5.02 Å². The lowest BCUT2D eigenvalue weighted by Gasteiger charge is -2.13. The van der Waals surface area contributed by atoms with Gasteiger partial charge in [0.2, 0.25) is 0 Å². The van der Waals surface area contributed by atoms with Crippen LogP contribution in [0.3, 0.4) is 0 Å². The second kappa shape index (κ2) is 5.25. The Balaban J connectivity index is 1.96. The number of nitrogens with zero attached hydrogens (tertiary/aromatic N) is 3. The largest absolute Gasteiger partial charge is 0.391 e. The molecule has 1 radical (unpaired) electrons. The van der Waals surface area contributed by atoms with E-state index < -0.39 is 6.10 Å². The number of halogens is 1. The molecule has 1 aliphatic heterocycles. The molecule has 0 spiro atoms. The van der Waals surface area contributed by atoms with Crippen molar-refractivity contribution in [2.45, 2.75) is 18.6 Å². The van der Waals surface area contributed by atoms with Gasteiger partial charge in [-0.2, -0.15) is 0 Å². The van der Waals surface area contributed by atoms with Crippen LogP contribution < -0.4 is 5.32 Å². The summed E-state index contributed by atoms with van der Waals surface area (Å²) in [7, 11) is 0. The maximum Gasteiger partial charge on any atom is 0.116 e. The average molecular weight is 275 g/mol. The first-order chi connectivity index (χ1) is 9.24. The van der Waals surface area contributed by atoms with Crippen LogP contribution in [0.4, 0.5) is 0 Å².